The second-order valence-corrected chi connectivity index (χ2v) is 10.4. The van der Waals surface area contributed by atoms with E-state index in [-0.39, 0.29) is 17.9 Å². The Kier molecular flexibility index (Phi) is 6.65. The van der Waals surface area contributed by atoms with Crippen LogP contribution in [0.1, 0.15) is 73.7 Å². The van der Waals surface area contributed by atoms with E-state index in [0.29, 0.717) is 42.8 Å². The number of piperidine rings is 1. The van der Waals surface area contributed by atoms with E-state index in [0.717, 1.165) is 55.7 Å². The number of hydrogen-bond donors (Lipinski definition) is 2. The Labute approximate surface area is 202 Å². The number of amides is 2. The summed E-state index contributed by atoms with van der Waals surface area (Å²) in [4.78, 5) is 27.1. The molecule has 6 heteroatoms. The Hall–Kier alpha value is -2.78. The van der Waals surface area contributed by atoms with Gasteiger partial charge >= 0.3 is 0 Å². The summed E-state index contributed by atoms with van der Waals surface area (Å²) in [6.07, 6.45) is 15.1. The first-order chi connectivity index (χ1) is 16.5. The van der Waals surface area contributed by atoms with E-state index in [1.165, 1.54) is 12.8 Å². The summed E-state index contributed by atoms with van der Waals surface area (Å²) < 4.78 is 6.43. The summed E-state index contributed by atoms with van der Waals surface area (Å²) in [5.41, 5.74) is 2.33. The number of allylic oxidation sites excluding steroid dienone is 1. The van der Waals surface area contributed by atoms with Gasteiger partial charge in [-0.15, -0.1) is 12.3 Å². The molecule has 34 heavy (non-hydrogen) atoms. The maximum Gasteiger partial charge on any atom is 0.255 e. The summed E-state index contributed by atoms with van der Waals surface area (Å²) in [5, 5.41) is 6.57. The fourth-order valence-electron chi connectivity index (χ4n) is 6.03. The monoisotopic (exact) mass is 461 g/mol. The first kappa shape index (κ1) is 23.0. The molecule has 0 spiro atoms. The number of carbonyl (C=O) groups excluding carboxylic acids is 2. The second-order valence-electron chi connectivity index (χ2n) is 10.4. The molecule has 2 saturated carbocycles. The summed E-state index contributed by atoms with van der Waals surface area (Å²) in [6.45, 7) is 5.31. The van der Waals surface area contributed by atoms with Crippen LogP contribution in [-0.2, 0) is 11.3 Å². The van der Waals surface area contributed by atoms with Crippen molar-refractivity contribution in [2.75, 3.05) is 6.54 Å². The van der Waals surface area contributed by atoms with Crippen LogP contribution in [-0.4, -0.2) is 41.4 Å². The van der Waals surface area contributed by atoms with Crippen molar-refractivity contribution in [2.45, 2.75) is 82.5 Å². The number of nitrogens with one attached hydrogen (secondary N) is 2. The molecule has 3 atom stereocenters. The van der Waals surface area contributed by atoms with Gasteiger partial charge < -0.3 is 20.3 Å². The van der Waals surface area contributed by atoms with Crippen LogP contribution in [0.2, 0.25) is 0 Å². The van der Waals surface area contributed by atoms with Gasteiger partial charge in [-0.05, 0) is 94.0 Å². The topological polar surface area (TPSA) is 70.7 Å². The quantitative estimate of drug-likeness (QED) is 0.633. The average molecular weight is 462 g/mol. The molecule has 3 unspecified atom stereocenters. The molecule has 1 aromatic rings. The van der Waals surface area contributed by atoms with Crippen molar-refractivity contribution in [2.24, 2.45) is 11.8 Å². The van der Waals surface area contributed by atoms with Crippen LogP contribution < -0.4 is 15.4 Å². The number of carbonyl (C=O) groups is 2. The van der Waals surface area contributed by atoms with Crippen LogP contribution in [0.4, 0.5) is 0 Å². The van der Waals surface area contributed by atoms with Gasteiger partial charge in [-0.3, -0.25) is 9.59 Å². The number of ether oxygens (including phenoxy) is 1. The zero-order valence-electron chi connectivity index (χ0n) is 19.9. The fourth-order valence-corrected chi connectivity index (χ4v) is 6.03. The molecular weight excluding hydrogens is 426 g/mol. The Balaban J connectivity index is 1.18. The van der Waals surface area contributed by atoms with E-state index in [4.69, 9.17) is 11.2 Å². The first-order valence-electron chi connectivity index (χ1n) is 12.8. The third kappa shape index (κ3) is 4.72. The molecule has 2 aliphatic heterocycles. The van der Waals surface area contributed by atoms with Crippen LogP contribution in [0.5, 0.6) is 5.75 Å². The predicted molar refractivity (Wildman–Crippen MR) is 131 cm³/mol. The zero-order chi connectivity index (χ0) is 23.7. The van der Waals surface area contributed by atoms with Crippen molar-refractivity contribution in [1.82, 2.24) is 15.5 Å². The summed E-state index contributed by atoms with van der Waals surface area (Å²) >= 11 is 0. The van der Waals surface area contributed by atoms with E-state index in [1.807, 2.05) is 18.2 Å². The Morgan fingerprint density at radius 1 is 1.15 bits per heavy atom. The van der Waals surface area contributed by atoms with E-state index in [2.05, 4.69) is 23.1 Å². The number of fused-ring (bicyclic) bond motifs is 1. The van der Waals surface area contributed by atoms with Crippen LogP contribution in [0.15, 0.2) is 30.5 Å². The number of terminal acetylenes is 1. The maximum atomic E-state index is 13.0. The van der Waals surface area contributed by atoms with Gasteiger partial charge in [0.15, 0.2) is 0 Å². The Morgan fingerprint density at radius 2 is 1.97 bits per heavy atom. The Bertz CT molecular complexity index is 1000. The molecule has 0 radical (unpaired) electrons. The lowest BCUT2D eigenvalue weighted by molar-refractivity contribution is -0.126. The molecular formula is C28H35N3O3. The van der Waals surface area contributed by atoms with Gasteiger partial charge in [-0.2, -0.15) is 0 Å². The summed E-state index contributed by atoms with van der Waals surface area (Å²) in [7, 11) is 0. The smallest absolute Gasteiger partial charge is 0.255 e. The predicted octanol–water partition coefficient (Wildman–Crippen LogP) is 3.76. The highest BCUT2D eigenvalue weighted by Crippen LogP contribution is 2.33. The first-order valence-corrected chi connectivity index (χ1v) is 12.8. The lowest BCUT2D eigenvalue weighted by Crippen LogP contribution is -2.49. The second kappa shape index (κ2) is 9.84. The minimum absolute atomic E-state index is 0.0748. The van der Waals surface area contributed by atoms with Crippen LogP contribution in [0.3, 0.4) is 0 Å². The minimum Gasteiger partial charge on any atom is -0.489 e. The summed E-state index contributed by atoms with van der Waals surface area (Å²) in [5.74, 6) is 4.68. The highest BCUT2D eigenvalue weighted by Gasteiger charge is 2.38. The molecule has 2 heterocycles. The molecule has 2 amide bonds. The van der Waals surface area contributed by atoms with Crippen molar-refractivity contribution >= 4 is 11.8 Å². The molecule has 4 aliphatic rings. The van der Waals surface area contributed by atoms with Crippen LogP contribution in [0.25, 0.3) is 0 Å². The molecule has 180 valence electrons. The molecule has 2 N–H and O–H groups in total. The van der Waals surface area contributed by atoms with Crippen molar-refractivity contribution in [3.8, 4) is 18.1 Å². The lowest BCUT2D eigenvalue weighted by atomic mass is 9.82. The molecule has 1 saturated heterocycles. The number of nitrogens with zero attached hydrogens (tertiary/aromatic N) is 1. The lowest BCUT2D eigenvalue weighted by Gasteiger charge is -2.30. The standard InChI is InChI=1S/C28H35N3O3/c1-3-19-8-10-20(11-9-19)16-29-24-5-4-6-26(24)34-22-12-13-23-21(15-22)17-31(28(23)33)25-14-7-18(2)30-27(25)32/h1,12-13,15,19-20,24-26,29H,2,4-11,14,16-17H2,(H,30,32). The van der Waals surface area contributed by atoms with Crippen molar-refractivity contribution in [1.29, 1.82) is 0 Å². The van der Waals surface area contributed by atoms with Gasteiger partial charge in [0.05, 0.1) is 0 Å². The van der Waals surface area contributed by atoms with Gasteiger partial charge in [0.2, 0.25) is 5.91 Å². The third-order valence-electron chi connectivity index (χ3n) is 8.10. The molecule has 2 aliphatic carbocycles. The molecule has 3 fully saturated rings. The normalized spacial score (nSPS) is 31.2. The Morgan fingerprint density at radius 3 is 2.74 bits per heavy atom. The van der Waals surface area contributed by atoms with E-state index < -0.39 is 6.04 Å². The van der Waals surface area contributed by atoms with Gasteiger partial charge in [-0.1, -0.05) is 6.58 Å². The molecule has 5 rings (SSSR count). The van der Waals surface area contributed by atoms with Gasteiger partial charge in [0.25, 0.3) is 5.91 Å². The largest absolute Gasteiger partial charge is 0.489 e. The van der Waals surface area contributed by atoms with Gasteiger partial charge in [0.1, 0.15) is 17.9 Å². The fraction of sp³-hybridized carbons (Fsp3) is 0.571. The maximum absolute atomic E-state index is 13.0. The van der Waals surface area contributed by atoms with E-state index in [9.17, 15) is 9.59 Å². The average Bonchev–Trinajstić information content (AvgIpc) is 3.41. The van der Waals surface area contributed by atoms with E-state index in [1.54, 1.807) is 4.90 Å². The molecule has 0 aromatic heterocycles. The van der Waals surface area contributed by atoms with Crippen molar-refractivity contribution in [3.63, 3.8) is 0 Å². The minimum atomic E-state index is -0.436. The zero-order valence-corrected chi connectivity index (χ0v) is 19.9. The van der Waals surface area contributed by atoms with Crippen LogP contribution >= 0.6 is 0 Å². The molecule has 6 nitrogen and oxygen atoms in total. The van der Waals surface area contributed by atoms with E-state index >= 15 is 0 Å². The molecule has 0 bridgehead atoms. The number of hydrogen-bond acceptors (Lipinski definition) is 4. The van der Waals surface area contributed by atoms with Gasteiger partial charge in [-0.25, -0.2) is 0 Å². The number of benzene rings is 1. The SMILES string of the molecule is C#CC1CCC(CNC2CCCC2Oc2ccc3c(c2)CN(C2CCC(=C)NC2=O)C3=O)CC1. The van der Waals surface area contributed by atoms with Crippen LogP contribution in [0, 0.1) is 24.2 Å². The molecule has 1 aromatic carbocycles. The highest BCUT2D eigenvalue weighted by molar-refractivity contribution is 6.01. The van der Waals surface area contributed by atoms with Gasteiger partial charge in [0, 0.05) is 29.8 Å². The third-order valence-corrected chi connectivity index (χ3v) is 8.10. The van der Waals surface area contributed by atoms with Crippen molar-refractivity contribution in [3.05, 3.63) is 41.6 Å². The number of rotatable bonds is 6. The summed E-state index contributed by atoms with van der Waals surface area (Å²) in [6, 6.07) is 5.67. The van der Waals surface area contributed by atoms with Crippen molar-refractivity contribution < 1.29 is 14.3 Å². The highest BCUT2D eigenvalue weighted by atomic mass is 16.5.